The highest BCUT2D eigenvalue weighted by atomic mass is 35.5. The van der Waals surface area contributed by atoms with Crippen LogP contribution < -0.4 is 5.32 Å². The largest absolute Gasteiger partial charge is 0.480 e. The van der Waals surface area contributed by atoms with Crippen molar-refractivity contribution < 1.29 is 27.9 Å². The Morgan fingerprint density at radius 1 is 1.39 bits per heavy atom. The first-order valence-electron chi connectivity index (χ1n) is 6.83. The summed E-state index contributed by atoms with van der Waals surface area (Å²) in [5.74, 6) is -1.10. The number of hydrogen-bond acceptors (Lipinski definition) is 2. The summed E-state index contributed by atoms with van der Waals surface area (Å²) in [4.78, 5) is 24.2. The summed E-state index contributed by atoms with van der Waals surface area (Å²) >= 11 is 5.74. The molecule has 1 aliphatic rings. The minimum absolute atomic E-state index is 0.112. The minimum atomic E-state index is -4.58. The summed E-state index contributed by atoms with van der Waals surface area (Å²) < 4.78 is 38.3. The van der Waals surface area contributed by atoms with E-state index in [0.29, 0.717) is 19.4 Å². The van der Waals surface area contributed by atoms with Gasteiger partial charge in [0.25, 0.3) is 0 Å². The number of carbonyl (C=O) groups excluding carboxylic acids is 1. The second kappa shape index (κ2) is 6.66. The molecule has 23 heavy (non-hydrogen) atoms. The Kier molecular flexibility index (Phi) is 5.03. The molecule has 5 nitrogen and oxygen atoms in total. The molecule has 126 valence electrons. The zero-order valence-corrected chi connectivity index (χ0v) is 12.6. The predicted octanol–water partition coefficient (Wildman–Crippen LogP) is 3.12. The first-order valence-corrected chi connectivity index (χ1v) is 7.21. The molecule has 0 aromatic heterocycles. The number of aliphatic carboxylic acids is 1. The lowest BCUT2D eigenvalue weighted by molar-refractivity contribution is -0.141. The average Bonchev–Trinajstić information content (AvgIpc) is 2.94. The van der Waals surface area contributed by atoms with Gasteiger partial charge in [-0.2, -0.15) is 13.2 Å². The van der Waals surface area contributed by atoms with Gasteiger partial charge in [-0.1, -0.05) is 23.7 Å². The molecule has 0 unspecified atom stereocenters. The molecule has 0 bridgehead atoms. The standard InChI is InChI=1S/C14H14ClF3N2O3/c15-11-8(3-1-4-9(11)14(16,17)18)7-19-13(23)20-6-2-5-10(20)12(21)22/h1,3-4,10H,2,5-7H2,(H,19,23)(H,21,22)/t10-/m0/s1. The fourth-order valence-electron chi connectivity index (χ4n) is 2.47. The number of hydrogen-bond donors (Lipinski definition) is 2. The van der Waals surface area contributed by atoms with E-state index in [1.165, 1.54) is 12.1 Å². The third kappa shape index (κ3) is 3.87. The Labute approximate surface area is 135 Å². The first-order chi connectivity index (χ1) is 10.7. The maximum atomic E-state index is 12.8. The summed E-state index contributed by atoms with van der Waals surface area (Å²) in [5, 5.41) is 11.0. The lowest BCUT2D eigenvalue weighted by Gasteiger charge is -2.22. The van der Waals surface area contributed by atoms with Crippen LogP contribution in [-0.4, -0.2) is 34.6 Å². The number of carbonyl (C=O) groups is 2. The Bertz CT molecular complexity index is 622. The van der Waals surface area contributed by atoms with Crippen molar-refractivity contribution in [2.45, 2.75) is 31.6 Å². The molecule has 2 rings (SSSR count). The maximum Gasteiger partial charge on any atom is 0.417 e. The normalized spacial score (nSPS) is 18.1. The molecule has 1 aromatic rings. The van der Waals surface area contributed by atoms with Gasteiger partial charge in [-0.15, -0.1) is 0 Å². The van der Waals surface area contributed by atoms with Crippen LogP contribution in [-0.2, 0) is 17.5 Å². The fraction of sp³-hybridized carbons (Fsp3) is 0.429. The van der Waals surface area contributed by atoms with Gasteiger partial charge < -0.3 is 15.3 Å². The number of carboxylic acids is 1. The molecule has 2 N–H and O–H groups in total. The third-order valence-electron chi connectivity index (χ3n) is 3.61. The summed E-state index contributed by atoms with van der Waals surface area (Å²) in [7, 11) is 0. The minimum Gasteiger partial charge on any atom is -0.480 e. The molecule has 1 aliphatic heterocycles. The van der Waals surface area contributed by atoms with Gasteiger partial charge in [0.15, 0.2) is 0 Å². The first kappa shape index (κ1) is 17.4. The Morgan fingerprint density at radius 3 is 2.70 bits per heavy atom. The number of carboxylic acid groups (broad SMARTS) is 1. The Hall–Kier alpha value is -1.96. The number of benzene rings is 1. The molecule has 1 fully saturated rings. The van der Waals surface area contributed by atoms with Gasteiger partial charge in [-0.05, 0) is 24.5 Å². The molecule has 9 heteroatoms. The topological polar surface area (TPSA) is 69.6 Å². The number of urea groups is 1. The van der Waals surface area contributed by atoms with E-state index < -0.39 is 34.8 Å². The molecule has 0 saturated carbocycles. The zero-order valence-electron chi connectivity index (χ0n) is 11.9. The van der Waals surface area contributed by atoms with Crippen LogP contribution in [0.5, 0.6) is 0 Å². The Balaban J connectivity index is 2.07. The quantitative estimate of drug-likeness (QED) is 0.880. The van der Waals surface area contributed by atoms with E-state index in [9.17, 15) is 22.8 Å². The highest BCUT2D eigenvalue weighted by Crippen LogP contribution is 2.36. The second-order valence-electron chi connectivity index (χ2n) is 5.12. The van der Waals surface area contributed by atoms with Gasteiger partial charge in [-0.25, -0.2) is 9.59 Å². The summed E-state index contributed by atoms with van der Waals surface area (Å²) in [6, 6.07) is 1.88. The third-order valence-corrected chi connectivity index (χ3v) is 4.06. The molecule has 0 spiro atoms. The van der Waals surface area contributed by atoms with Crippen LogP contribution in [0.3, 0.4) is 0 Å². The van der Waals surface area contributed by atoms with Crippen molar-refractivity contribution in [3.8, 4) is 0 Å². The van der Waals surface area contributed by atoms with Crippen LogP contribution in [0, 0.1) is 0 Å². The van der Waals surface area contributed by atoms with E-state index in [1.807, 2.05) is 0 Å². The molecule has 1 saturated heterocycles. The van der Waals surface area contributed by atoms with Crippen LogP contribution in [0.2, 0.25) is 5.02 Å². The lowest BCUT2D eigenvalue weighted by Crippen LogP contribution is -2.45. The lowest BCUT2D eigenvalue weighted by atomic mass is 10.1. The number of halogens is 4. The van der Waals surface area contributed by atoms with Gasteiger partial charge in [0.2, 0.25) is 0 Å². The van der Waals surface area contributed by atoms with Crippen molar-refractivity contribution in [3.05, 3.63) is 34.3 Å². The van der Waals surface area contributed by atoms with Crippen molar-refractivity contribution in [2.24, 2.45) is 0 Å². The van der Waals surface area contributed by atoms with Crippen molar-refractivity contribution in [3.63, 3.8) is 0 Å². The van der Waals surface area contributed by atoms with Crippen molar-refractivity contribution in [1.29, 1.82) is 0 Å². The predicted molar refractivity (Wildman–Crippen MR) is 76.1 cm³/mol. The van der Waals surface area contributed by atoms with Crippen LogP contribution in [0.4, 0.5) is 18.0 Å². The van der Waals surface area contributed by atoms with Crippen molar-refractivity contribution in [2.75, 3.05) is 6.54 Å². The van der Waals surface area contributed by atoms with E-state index in [1.54, 1.807) is 0 Å². The van der Waals surface area contributed by atoms with Gasteiger partial charge in [0.05, 0.1) is 10.6 Å². The summed E-state index contributed by atoms with van der Waals surface area (Å²) in [6.45, 7) is 0.0730. The smallest absolute Gasteiger partial charge is 0.417 e. The molecule has 2 amide bonds. The van der Waals surface area contributed by atoms with E-state index in [4.69, 9.17) is 16.7 Å². The summed E-state index contributed by atoms with van der Waals surface area (Å²) in [5.41, 5.74) is -0.864. The van der Waals surface area contributed by atoms with E-state index in [2.05, 4.69) is 5.32 Å². The number of nitrogens with one attached hydrogen (secondary N) is 1. The van der Waals surface area contributed by atoms with Gasteiger partial charge >= 0.3 is 18.2 Å². The van der Waals surface area contributed by atoms with Crippen LogP contribution in [0.1, 0.15) is 24.0 Å². The number of alkyl halides is 3. The number of rotatable bonds is 3. The number of nitrogens with zero attached hydrogens (tertiary/aromatic N) is 1. The monoisotopic (exact) mass is 350 g/mol. The second-order valence-corrected chi connectivity index (χ2v) is 5.50. The molecular weight excluding hydrogens is 337 g/mol. The molecule has 0 radical (unpaired) electrons. The van der Waals surface area contributed by atoms with Crippen LogP contribution in [0.25, 0.3) is 0 Å². The van der Waals surface area contributed by atoms with Gasteiger partial charge in [0, 0.05) is 13.1 Å². The zero-order chi connectivity index (χ0) is 17.2. The molecular formula is C14H14ClF3N2O3. The SMILES string of the molecule is O=C(O)[C@@H]1CCCN1C(=O)NCc1cccc(C(F)(F)F)c1Cl. The van der Waals surface area contributed by atoms with E-state index in [-0.39, 0.29) is 12.1 Å². The van der Waals surface area contributed by atoms with Gasteiger partial charge in [-0.3, -0.25) is 0 Å². The molecule has 1 aromatic carbocycles. The number of amides is 2. The van der Waals surface area contributed by atoms with Gasteiger partial charge in [0.1, 0.15) is 6.04 Å². The van der Waals surface area contributed by atoms with Crippen molar-refractivity contribution >= 4 is 23.6 Å². The highest BCUT2D eigenvalue weighted by Gasteiger charge is 2.35. The van der Waals surface area contributed by atoms with Crippen LogP contribution in [0.15, 0.2) is 18.2 Å². The highest BCUT2D eigenvalue weighted by molar-refractivity contribution is 6.32. The summed E-state index contributed by atoms with van der Waals surface area (Å²) in [6.07, 6.45) is -3.66. The molecule has 1 atom stereocenters. The number of likely N-dealkylation sites (tertiary alicyclic amines) is 1. The van der Waals surface area contributed by atoms with E-state index >= 15 is 0 Å². The molecule has 1 heterocycles. The fourth-order valence-corrected chi connectivity index (χ4v) is 2.77. The average molecular weight is 351 g/mol. The van der Waals surface area contributed by atoms with E-state index in [0.717, 1.165) is 11.0 Å². The van der Waals surface area contributed by atoms with Crippen molar-refractivity contribution in [1.82, 2.24) is 10.2 Å². The molecule has 0 aliphatic carbocycles. The van der Waals surface area contributed by atoms with Crippen LogP contribution >= 0.6 is 11.6 Å². The maximum absolute atomic E-state index is 12.8. The Morgan fingerprint density at radius 2 is 2.09 bits per heavy atom.